The molecule has 0 aromatic heterocycles. The molecule has 1 fully saturated rings. The van der Waals surface area contributed by atoms with Crippen molar-refractivity contribution >= 4 is 11.6 Å². The van der Waals surface area contributed by atoms with E-state index in [9.17, 15) is 9.90 Å². The Bertz CT molecular complexity index is 707. The van der Waals surface area contributed by atoms with Gasteiger partial charge in [0.2, 0.25) is 0 Å². The molecule has 1 amide bonds. The van der Waals surface area contributed by atoms with E-state index in [2.05, 4.69) is 22.0 Å². The second-order valence-corrected chi connectivity index (χ2v) is 6.38. The molecule has 0 spiro atoms. The lowest BCUT2D eigenvalue weighted by Crippen LogP contribution is -2.45. The maximum Gasteiger partial charge on any atom is 0.259 e. The van der Waals surface area contributed by atoms with E-state index in [0.717, 1.165) is 45.0 Å². The number of amides is 1. The van der Waals surface area contributed by atoms with Crippen molar-refractivity contribution in [1.29, 1.82) is 0 Å². The fraction of sp³-hybridized carbons (Fsp3) is 0.350. The summed E-state index contributed by atoms with van der Waals surface area (Å²) >= 11 is 0. The van der Waals surface area contributed by atoms with E-state index in [1.54, 1.807) is 18.2 Å². The van der Waals surface area contributed by atoms with Crippen LogP contribution in [-0.4, -0.2) is 53.5 Å². The van der Waals surface area contributed by atoms with Gasteiger partial charge in [-0.05, 0) is 36.4 Å². The van der Waals surface area contributed by atoms with Crippen LogP contribution in [0, 0.1) is 0 Å². The smallest absolute Gasteiger partial charge is 0.259 e. The Kier molecular flexibility index (Phi) is 5.68. The standard InChI is InChI=1S/C20H25N3O2/c1-2-22-11-13-23(14-12-22)15-16-7-9-17(10-8-16)21-20(25)18-5-3-4-6-19(18)24/h3-10,24H,2,11-15H2,1H3,(H,21,25). The number of hydrogen-bond acceptors (Lipinski definition) is 4. The summed E-state index contributed by atoms with van der Waals surface area (Å²) in [6.07, 6.45) is 0. The van der Waals surface area contributed by atoms with Crippen molar-refractivity contribution in [1.82, 2.24) is 9.80 Å². The first-order chi connectivity index (χ1) is 12.2. The fourth-order valence-corrected chi connectivity index (χ4v) is 3.08. The highest BCUT2D eigenvalue weighted by Gasteiger charge is 2.15. The first kappa shape index (κ1) is 17.5. The number of phenols is 1. The van der Waals surface area contributed by atoms with Gasteiger partial charge in [-0.2, -0.15) is 0 Å². The molecule has 0 saturated carbocycles. The Morgan fingerprint density at radius 3 is 2.28 bits per heavy atom. The summed E-state index contributed by atoms with van der Waals surface area (Å²) in [6, 6.07) is 14.5. The van der Waals surface area contributed by atoms with Crippen LogP contribution in [0.1, 0.15) is 22.8 Å². The Morgan fingerprint density at radius 1 is 1.00 bits per heavy atom. The SMILES string of the molecule is CCN1CCN(Cc2ccc(NC(=O)c3ccccc3O)cc2)CC1. The number of likely N-dealkylation sites (N-methyl/N-ethyl adjacent to an activating group) is 1. The van der Waals surface area contributed by atoms with Crippen LogP contribution in [-0.2, 0) is 6.54 Å². The summed E-state index contributed by atoms with van der Waals surface area (Å²) in [7, 11) is 0. The van der Waals surface area contributed by atoms with E-state index < -0.39 is 0 Å². The number of piperazine rings is 1. The molecule has 2 aromatic carbocycles. The first-order valence-electron chi connectivity index (χ1n) is 8.78. The number of phenolic OH excluding ortho intramolecular Hbond substituents is 1. The minimum absolute atomic E-state index is 0.0113. The predicted molar refractivity (Wildman–Crippen MR) is 99.9 cm³/mol. The van der Waals surface area contributed by atoms with Crippen molar-refractivity contribution in [3.05, 3.63) is 59.7 Å². The average molecular weight is 339 g/mol. The molecular formula is C20H25N3O2. The molecule has 1 saturated heterocycles. The quantitative estimate of drug-likeness (QED) is 0.879. The molecule has 0 unspecified atom stereocenters. The van der Waals surface area contributed by atoms with Crippen molar-refractivity contribution in [2.45, 2.75) is 13.5 Å². The van der Waals surface area contributed by atoms with Gasteiger partial charge in [-0.3, -0.25) is 9.69 Å². The molecule has 0 bridgehead atoms. The maximum atomic E-state index is 12.2. The van der Waals surface area contributed by atoms with E-state index in [1.807, 2.05) is 24.3 Å². The molecule has 1 aliphatic heterocycles. The molecule has 0 atom stereocenters. The van der Waals surface area contributed by atoms with E-state index in [1.165, 1.54) is 11.6 Å². The molecule has 0 aliphatic carbocycles. The van der Waals surface area contributed by atoms with E-state index in [0.29, 0.717) is 0 Å². The third-order valence-electron chi connectivity index (χ3n) is 4.68. The van der Waals surface area contributed by atoms with Crippen LogP contribution in [0.25, 0.3) is 0 Å². The van der Waals surface area contributed by atoms with Crippen LogP contribution in [0.3, 0.4) is 0 Å². The Labute approximate surface area is 148 Å². The van der Waals surface area contributed by atoms with Crippen molar-refractivity contribution in [2.75, 3.05) is 38.0 Å². The summed E-state index contributed by atoms with van der Waals surface area (Å²) in [5, 5.41) is 12.6. The second kappa shape index (κ2) is 8.14. The molecule has 1 aliphatic rings. The Morgan fingerprint density at radius 2 is 1.64 bits per heavy atom. The lowest BCUT2D eigenvalue weighted by atomic mass is 10.1. The number of aromatic hydroxyl groups is 1. The summed E-state index contributed by atoms with van der Waals surface area (Å²) in [5.41, 5.74) is 2.25. The van der Waals surface area contributed by atoms with Crippen LogP contribution in [0.2, 0.25) is 0 Å². The van der Waals surface area contributed by atoms with E-state index in [-0.39, 0.29) is 17.2 Å². The lowest BCUT2D eigenvalue weighted by molar-refractivity contribution is 0.102. The van der Waals surface area contributed by atoms with Crippen LogP contribution >= 0.6 is 0 Å². The van der Waals surface area contributed by atoms with Crippen molar-refractivity contribution < 1.29 is 9.90 Å². The largest absolute Gasteiger partial charge is 0.507 e. The number of rotatable bonds is 5. The zero-order valence-electron chi connectivity index (χ0n) is 14.6. The predicted octanol–water partition coefficient (Wildman–Crippen LogP) is 2.78. The Balaban J connectivity index is 1.56. The van der Waals surface area contributed by atoms with Crippen LogP contribution < -0.4 is 5.32 Å². The molecular weight excluding hydrogens is 314 g/mol. The van der Waals surface area contributed by atoms with Gasteiger partial charge in [0.15, 0.2) is 0 Å². The average Bonchev–Trinajstić information content (AvgIpc) is 2.64. The molecule has 3 rings (SSSR count). The summed E-state index contributed by atoms with van der Waals surface area (Å²) in [6.45, 7) is 8.72. The number of nitrogens with zero attached hydrogens (tertiary/aromatic N) is 2. The topological polar surface area (TPSA) is 55.8 Å². The number of nitrogens with one attached hydrogen (secondary N) is 1. The zero-order chi connectivity index (χ0) is 17.6. The molecule has 0 radical (unpaired) electrons. The highest BCUT2D eigenvalue weighted by molar-refractivity contribution is 6.06. The number of anilines is 1. The summed E-state index contributed by atoms with van der Waals surface area (Å²) in [5.74, 6) is -0.315. The Hall–Kier alpha value is -2.37. The van der Waals surface area contributed by atoms with Gasteiger partial charge in [0.1, 0.15) is 5.75 Å². The molecule has 5 nitrogen and oxygen atoms in total. The van der Waals surface area contributed by atoms with Gasteiger partial charge in [-0.1, -0.05) is 31.2 Å². The minimum Gasteiger partial charge on any atom is -0.507 e. The normalized spacial score (nSPS) is 15.9. The molecule has 2 aromatic rings. The van der Waals surface area contributed by atoms with Gasteiger partial charge in [-0.25, -0.2) is 0 Å². The van der Waals surface area contributed by atoms with Gasteiger partial charge in [0.25, 0.3) is 5.91 Å². The van der Waals surface area contributed by atoms with Gasteiger partial charge < -0.3 is 15.3 Å². The number of para-hydroxylation sites is 1. The number of benzene rings is 2. The van der Waals surface area contributed by atoms with Crippen LogP contribution in [0.15, 0.2) is 48.5 Å². The van der Waals surface area contributed by atoms with Crippen molar-refractivity contribution in [3.8, 4) is 5.75 Å². The highest BCUT2D eigenvalue weighted by Crippen LogP contribution is 2.18. The van der Waals surface area contributed by atoms with Gasteiger partial charge >= 0.3 is 0 Å². The van der Waals surface area contributed by atoms with Crippen LogP contribution in [0.4, 0.5) is 5.69 Å². The van der Waals surface area contributed by atoms with Gasteiger partial charge in [0, 0.05) is 38.4 Å². The van der Waals surface area contributed by atoms with Gasteiger partial charge in [0.05, 0.1) is 5.56 Å². The maximum absolute atomic E-state index is 12.2. The van der Waals surface area contributed by atoms with Crippen molar-refractivity contribution in [3.63, 3.8) is 0 Å². The number of carbonyl (C=O) groups is 1. The number of hydrogen-bond donors (Lipinski definition) is 2. The highest BCUT2D eigenvalue weighted by atomic mass is 16.3. The van der Waals surface area contributed by atoms with Crippen LogP contribution in [0.5, 0.6) is 5.75 Å². The van der Waals surface area contributed by atoms with Crippen molar-refractivity contribution in [2.24, 2.45) is 0 Å². The van der Waals surface area contributed by atoms with E-state index in [4.69, 9.17) is 0 Å². The third kappa shape index (κ3) is 4.59. The van der Waals surface area contributed by atoms with E-state index >= 15 is 0 Å². The third-order valence-corrected chi connectivity index (χ3v) is 4.68. The second-order valence-electron chi connectivity index (χ2n) is 6.38. The fourth-order valence-electron chi connectivity index (χ4n) is 3.08. The summed E-state index contributed by atoms with van der Waals surface area (Å²) < 4.78 is 0. The lowest BCUT2D eigenvalue weighted by Gasteiger charge is -2.34. The molecule has 2 N–H and O–H groups in total. The molecule has 25 heavy (non-hydrogen) atoms. The van der Waals surface area contributed by atoms with Gasteiger partial charge in [-0.15, -0.1) is 0 Å². The molecule has 1 heterocycles. The molecule has 132 valence electrons. The monoisotopic (exact) mass is 339 g/mol. The minimum atomic E-state index is -0.304. The summed E-state index contributed by atoms with van der Waals surface area (Å²) in [4.78, 5) is 17.1. The zero-order valence-corrected chi connectivity index (χ0v) is 14.6. The molecule has 5 heteroatoms. The first-order valence-corrected chi connectivity index (χ1v) is 8.78. The number of carbonyl (C=O) groups excluding carboxylic acids is 1.